The van der Waals surface area contributed by atoms with Crippen LogP contribution in [0.25, 0.3) is 0 Å². The Balaban J connectivity index is 1.20. The SMILES string of the molecule is CCCCCC1CCC(C2CC=C(COc3ccc(CCC4CC4)c(F)c3F)CC2)CC1. The lowest BCUT2D eigenvalue weighted by Gasteiger charge is -2.35. The highest BCUT2D eigenvalue weighted by atomic mass is 19.2. The zero-order valence-corrected chi connectivity index (χ0v) is 20.0. The van der Waals surface area contributed by atoms with Gasteiger partial charge in [-0.1, -0.05) is 70.4 Å². The molecule has 0 saturated heterocycles. The summed E-state index contributed by atoms with van der Waals surface area (Å²) >= 11 is 0. The van der Waals surface area contributed by atoms with Crippen molar-refractivity contribution in [2.24, 2.45) is 23.7 Å². The first kappa shape index (κ1) is 23.8. The molecule has 32 heavy (non-hydrogen) atoms. The van der Waals surface area contributed by atoms with Crippen LogP contribution in [0.4, 0.5) is 8.78 Å². The molecule has 0 heterocycles. The van der Waals surface area contributed by atoms with Gasteiger partial charge in [-0.2, -0.15) is 4.39 Å². The maximum Gasteiger partial charge on any atom is 0.200 e. The van der Waals surface area contributed by atoms with Gasteiger partial charge in [0.15, 0.2) is 11.6 Å². The minimum atomic E-state index is -0.816. The third-order valence-corrected chi connectivity index (χ3v) is 8.38. The Morgan fingerprint density at radius 3 is 2.28 bits per heavy atom. The minimum absolute atomic E-state index is 0.0575. The van der Waals surface area contributed by atoms with E-state index in [1.165, 1.54) is 76.2 Å². The van der Waals surface area contributed by atoms with Crippen LogP contribution in [0.3, 0.4) is 0 Å². The summed E-state index contributed by atoms with van der Waals surface area (Å²) in [6.45, 7) is 2.67. The number of ether oxygens (including phenoxy) is 1. The number of aryl methyl sites for hydroxylation is 1. The van der Waals surface area contributed by atoms with Crippen molar-refractivity contribution in [3.05, 3.63) is 41.0 Å². The molecule has 3 heteroatoms. The van der Waals surface area contributed by atoms with Gasteiger partial charge in [0.2, 0.25) is 5.82 Å². The van der Waals surface area contributed by atoms with Crippen molar-refractivity contribution in [1.29, 1.82) is 0 Å². The monoisotopic (exact) mass is 444 g/mol. The van der Waals surface area contributed by atoms with Crippen LogP contribution in [0, 0.1) is 35.3 Å². The van der Waals surface area contributed by atoms with E-state index in [1.807, 2.05) is 0 Å². The van der Waals surface area contributed by atoms with E-state index in [0.29, 0.717) is 18.6 Å². The van der Waals surface area contributed by atoms with Gasteiger partial charge >= 0.3 is 0 Å². The normalized spacial score (nSPS) is 26.1. The van der Waals surface area contributed by atoms with Gasteiger partial charge in [-0.15, -0.1) is 0 Å². The highest BCUT2D eigenvalue weighted by molar-refractivity contribution is 5.31. The topological polar surface area (TPSA) is 9.23 Å². The van der Waals surface area contributed by atoms with Crippen LogP contribution < -0.4 is 4.74 Å². The molecule has 0 aromatic heterocycles. The summed E-state index contributed by atoms with van der Waals surface area (Å²) in [4.78, 5) is 0. The van der Waals surface area contributed by atoms with Crippen LogP contribution in [-0.4, -0.2) is 6.61 Å². The van der Waals surface area contributed by atoms with Gasteiger partial charge in [0.1, 0.15) is 6.61 Å². The lowest BCUT2D eigenvalue weighted by molar-refractivity contribution is 0.183. The zero-order chi connectivity index (χ0) is 22.3. The Morgan fingerprint density at radius 2 is 1.59 bits per heavy atom. The summed E-state index contributed by atoms with van der Waals surface area (Å²) in [5, 5.41) is 0. The summed E-state index contributed by atoms with van der Waals surface area (Å²) < 4.78 is 34.6. The van der Waals surface area contributed by atoms with Crippen molar-refractivity contribution in [3.8, 4) is 5.75 Å². The molecule has 1 aromatic carbocycles. The summed E-state index contributed by atoms with van der Waals surface area (Å²) in [5.74, 6) is 1.89. The lowest BCUT2D eigenvalue weighted by Crippen LogP contribution is -2.24. The molecular formula is C29H42F2O. The second kappa shape index (κ2) is 11.7. The standard InChI is InChI=1S/C29H42F2O/c1-2-3-4-5-21-8-13-24(14-9-21)25-15-11-23(12-16-25)20-32-27-19-18-26(28(30)29(27)31)17-10-22-6-7-22/h11,18-19,21-22,24-25H,2-10,12-17,20H2,1H3. The second-order valence-corrected chi connectivity index (χ2v) is 10.8. The number of rotatable bonds is 11. The Bertz CT molecular complexity index is 759. The van der Waals surface area contributed by atoms with Crippen LogP contribution >= 0.6 is 0 Å². The first-order valence-electron chi connectivity index (χ1n) is 13.4. The number of hydrogen-bond acceptors (Lipinski definition) is 1. The van der Waals surface area contributed by atoms with Gasteiger partial charge in [-0.25, -0.2) is 4.39 Å². The average Bonchev–Trinajstić information content (AvgIpc) is 3.65. The lowest BCUT2D eigenvalue weighted by atomic mass is 9.70. The fourth-order valence-electron chi connectivity index (χ4n) is 5.91. The molecule has 0 radical (unpaired) electrons. The summed E-state index contributed by atoms with van der Waals surface area (Å²) in [5.41, 5.74) is 1.73. The predicted octanol–water partition coefficient (Wildman–Crippen LogP) is 8.80. The molecule has 0 amide bonds. The van der Waals surface area contributed by atoms with Crippen molar-refractivity contribution in [2.45, 2.75) is 103 Å². The zero-order valence-electron chi connectivity index (χ0n) is 20.0. The van der Waals surface area contributed by atoms with Crippen molar-refractivity contribution in [3.63, 3.8) is 0 Å². The van der Waals surface area contributed by atoms with E-state index in [0.717, 1.165) is 42.9 Å². The van der Waals surface area contributed by atoms with Gasteiger partial charge in [0, 0.05) is 0 Å². The van der Waals surface area contributed by atoms with E-state index >= 15 is 0 Å². The molecule has 3 aliphatic carbocycles. The van der Waals surface area contributed by atoms with Gasteiger partial charge in [-0.05, 0) is 85.8 Å². The molecule has 0 N–H and O–H groups in total. The maximum absolute atomic E-state index is 14.5. The maximum atomic E-state index is 14.5. The Kier molecular flexibility index (Phi) is 8.66. The van der Waals surface area contributed by atoms with E-state index in [-0.39, 0.29) is 5.75 Å². The first-order chi connectivity index (χ1) is 15.6. The van der Waals surface area contributed by atoms with E-state index < -0.39 is 11.6 Å². The van der Waals surface area contributed by atoms with E-state index in [1.54, 1.807) is 12.1 Å². The number of halogens is 2. The van der Waals surface area contributed by atoms with Crippen LogP contribution in [0.1, 0.15) is 102 Å². The Morgan fingerprint density at radius 1 is 0.844 bits per heavy atom. The van der Waals surface area contributed by atoms with Crippen LogP contribution in [-0.2, 0) is 6.42 Å². The molecule has 0 aliphatic heterocycles. The van der Waals surface area contributed by atoms with Crippen LogP contribution in [0.15, 0.2) is 23.8 Å². The molecular weight excluding hydrogens is 402 g/mol. The molecule has 3 aliphatic rings. The van der Waals surface area contributed by atoms with E-state index in [9.17, 15) is 8.78 Å². The van der Waals surface area contributed by atoms with Crippen molar-refractivity contribution < 1.29 is 13.5 Å². The number of allylic oxidation sites excluding steroid dienone is 1. The third-order valence-electron chi connectivity index (χ3n) is 8.38. The van der Waals surface area contributed by atoms with Gasteiger partial charge in [0.25, 0.3) is 0 Å². The average molecular weight is 445 g/mol. The van der Waals surface area contributed by atoms with Crippen molar-refractivity contribution >= 4 is 0 Å². The highest BCUT2D eigenvalue weighted by Gasteiger charge is 2.28. The quantitative estimate of drug-likeness (QED) is 0.245. The number of hydrogen-bond donors (Lipinski definition) is 0. The fourth-order valence-corrected chi connectivity index (χ4v) is 5.91. The first-order valence-corrected chi connectivity index (χ1v) is 13.4. The van der Waals surface area contributed by atoms with Gasteiger partial charge in [-0.3, -0.25) is 0 Å². The molecule has 1 nitrogen and oxygen atoms in total. The Labute approximate surface area is 194 Å². The largest absolute Gasteiger partial charge is 0.486 e. The van der Waals surface area contributed by atoms with Crippen molar-refractivity contribution in [2.75, 3.05) is 6.61 Å². The molecule has 1 unspecified atom stereocenters. The van der Waals surface area contributed by atoms with E-state index in [2.05, 4.69) is 13.0 Å². The molecule has 0 spiro atoms. The second-order valence-electron chi connectivity index (χ2n) is 10.8. The van der Waals surface area contributed by atoms with Gasteiger partial charge < -0.3 is 4.74 Å². The predicted molar refractivity (Wildman–Crippen MR) is 128 cm³/mol. The molecule has 2 saturated carbocycles. The Hall–Kier alpha value is -1.38. The van der Waals surface area contributed by atoms with Crippen LogP contribution in [0.2, 0.25) is 0 Å². The molecule has 178 valence electrons. The van der Waals surface area contributed by atoms with E-state index in [4.69, 9.17) is 4.74 Å². The summed E-state index contributed by atoms with van der Waals surface area (Å²) in [6, 6.07) is 3.33. The third kappa shape index (κ3) is 6.58. The minimum Gasteiger partial charge on any atom is -0.486 e. The smallest absolute Gasteiger partial charge is 0.200 e. The molecule has 1 atom stereocenters. The summed E-state index contributed by atoms with van der Waals surface area (Å²) in [6.07, 6.45) is 21.0. The highest BCUT2D eigenvalue weighted by Crippen LogP contribution is 2.41. The van der Waals surface area contributed by atoms with Gasteiger partial charge in [0.05, 0.1) is 0 Å². The molecule has 0 bridgehead atoms. The fraction of sp³-hybridized carbons (Fsp3) is 0.724. The molecule has 1 aromatic rings. The van der Waals surface area contributed by atoms with Crippen LogP contribution in [0.5, 0.6) is 5.75 Å². The summed E-state index contributed by atoms with van der Waals surface area (Å²) in [7, 11) is 0. The molecule has 4 rings (SSSR count). The molecule has 2 fully saturated rings. The number of unbranched alkanes of at least 4 members (excludes halogenated alkanes) is 2. The number of benzene rings is 1. The van der Waals surface area contributed by atoms with Crippen molar-refractivity contribution in [1.82, 2.24) is 0 Å².